The molecule has 0 unspecified atom stereocenters. The van der Waals surface area contributed by atoms with E-state index in [1.807, 2.05) is 32.0 Å². The minimum atomic E-state index is -0.439. The highest BCUT2D eigenvalue weighted by atomic mass is 16.5. The van der Waals surface area contributed by atoms with E-state index >= 15 is 0 Å². The number of carbonyl (C=O) groups is 1. The van der Waals surface area contributed by atoms with E-state index in [2.05, 4.69) is 5.32 Å². The molecule has 0 radical (unpaired) electrons. The molecule has 5 nitrogen and oxygen atoms in total. The maximum absolute atomic E-state index is 12.0. The molecular formula is C18H18N2O3. The molecule has 0 aliphatic carbocycles. The molecule has 5 heteroatoms. The van der Waals surface area contributed by atoms with Gasteiger partial charge in [0.05, 0.1) is 18.9 Å². The number of benzene rings is 1. The third-order valence-electron chi connectivity index (χ3n) is 2.93. The Hall–Kier alpha value is -3.00. The van der Waals surface area contributed by atoms with Gasteiger partial charge in [0.25, 0.3) is 5.91 Å². The lowest BCUT2D eigenvalue weighted by atomic mass is 10.1. The van der Waals surface area contributed by atoms with E-state index in [4.69, 9.17) is 14.4 Å². The molecule has 1 N–H and O–H groups in total. The number of ether oxygens (including phenoxy) is 1. The summed E-state index contributed by atoms with van der Waals surface area (Å²) >= 11 is 0. The van der Waals surface area contributed by atoms with Gasteiger partial charge in [0, 0.05) is 0 Å². The molecule has 1 heterocycles. The highest BCUT2D eigenvalue weighted by Crippen LogP contribution is 2.16. The predicted molar refractivity (Wildman–Crippen MR) is 86.4 cm³/mol. The Morgan fingerprint density at radius 2 is 2.09 bits per heavy atom. The highest BCUT2D eigenvalue weighted by Gasteiger charge is 2.09. The number of carbonyl (C=O) groups excluding carboxylic acids is 1. The van der Waals surface area contributed by atoms with Crippen LogP contribution in [0.1, 0.15) is 25.2 Å². The first-order valence-corrected chi connectivity index (χ1v) is 7.27. The third-order valence-corrected chi connectivity index (χ3v) is 2.93. The first kappa shape index (κ1) is 16.4. The van der Waals surface area contributed by atoms with Gasteiger partial charge in [-0.25, -0.2) is 0 Å². The molecule has 2 rings (SSSR count). The van der Waals surface area contributed by atoms with Crippen LogP contribution in [0.3, 0.4) is 0 Å². The SMILES string of the molecule is CC(C)Oc1ccc(/C=C(\C#N)C(=O)NCc2ccco2)cc1. The first-order valence-electron chi connectivity index (χ1n) is 7.27. The highest BCUT2D eigenvalue weighted by molar-refractivity contribution is 6.01. The third kappa shape index (κ3) is 5.04. The van der Waals surface area contributed by atoms with E-state index in [1.165, 1.54) is 12.3 Å². The molecule has 0 bridgehead atoms. The molecule has 0 aliphatic heterocycles. The van der Waals surface area contributed by atoms with E-state index in [0.717, 1.165) is 11.3 Å². The zero-order valence-electron chi connectivity index (χ0n) is 13.1. The monoisotopic (exact) mass is 310 g/mol. The molecule has 1 amide bonds. The molecular weight excluding hydrogens is 292 g/mol. The second kappa shape index (κ2) is 7.85. The van der Waals surface area contributed by atoms with Crippen molar-refractivity contribution in [1.29, 1.82) is 5.26 Å². The quantitative estimate of drug-likeness (QED) is 0.656. The van der Waals surface area contributed by atoms with Gasteiger partial charge in [0.15, 0.2) is 0 Å². The predicted octanol–water partition coefficient (Wildman–Crippen LogP) is 3.29. The summed E-state index contributed by atoms with van der Waals surface area (Å²) in [5.74, 6) is 0.940. The molecule has 0 aliphatic rings. The second-order valence-electron chi connectivity index (χ2n) is 5.17. The van der Waals surface area contributed by atoms with Gasteiger partial charge in [0.2, 0.25) is 0 Å². The summed E-state index contributed by atoms with van der Waals surface area (Å²) in [6.45, 7) is 4.14. The number of nitrogens with one attached hydrogen (secondary N) is 1. The van der Waals surface area contributed by atoms with Gasteiger partial charge in [-0.3, -0.25) is 4.79 Å². The smallest absolute Gasteiger partial charge is 0.262 e. The maximum Gasteiger partial charge on any atom is 0.262 e. The van der Waals surface area contributed by atoms with Crippen LogP contribution in [0.25, 0.3) is 6.08 Å². The Balaban J connectivity index is 2.02. The van der Waals surface area contributed by atoms with Crippen LogP contribution in [-0.2, 0) is 11.3 Å². The van der Waals surface area contributed by atoms with E-state index < -0.39 is 5.91 Å². The van der Waals surface area contributed by atoms with Gasteiger partial charge >= 0.3 is 0 Å². The Bertz CT molecular complexity index is 708. The lowest BCUT2D eigenvalue weighted by Crippen LogP contribution is -2.23. The van der Waals surface area contributed by atoms with Gasteiger partial charge in [-0.1, -0.05) is 12.1 Å². The second-order valence-corrected chi connectivity index (χ2v) is 5.17. The van der Waals surface area contributed by atoms with Crippen LogP contribution in [0.15, 0.2) is 52.7 Å². The summed E-state index contributed by atoms with van der Waals surface area (Å²) < 4.78 is 10.7. The normalized spacial score (nSPS) is 11.1. The van der Waals surface area contributed by atoms with Crippen molar-refractivity contribution in [3.05, 3.63) is 59.6 Å². The molecule has 1 aromatic carbocycles. The van der Waals surface area contributed by atoms with E-state index in [0.29, 0.717) is 5.76 Å². The number of hydrogen-bond donors (Lipinski definition) is 1. The van der Waals surface area contributed by atoms with Crippen LogP contribution < -0.4 is 10.1 Å². The fraction of sp³-hybridized carbons (Fsp3) is 0.222. The van der Waals surface area contributed by atoms with E-state index in [1.54, 1.807) is 24.3 Å². The van der Waals surface area contributed by atoms with Crippen LogP contribution in [0, 0.1) is 11.3 Å². The number of rotatable bonds is 6. The minimum absolute atomic E-state index is 0.0362. The van der Waals surface area contributed by atoms with Gasteiger partial charge in [-0.15, -0.1) is 0 Å². The topological polar surface area (TPSA) is 75.3 Å². The Morgan fingerprint density at radius 1 is 1.35 bits per heavy atom. The fourth-order valence-corrected chi connectivity index (χ4v) is 1.91. The molecule has 0 atom stereocenters. The average molecular weight is 310 g/mol. The van der Waals surface area contributed by atoms with Gasteiger partial charge in [-0.05, 0) is 49.8 Å². The van der Waals surface area contributed by atoms with Crippen LogP contribution in [0.4, 0.5) is 0 Å². The number of amides is 1. The number of nitrogens with zero attached hydrogens (tertiary/aromatic N) is 1. The number of hydrogen-bond acceptors (Lipinski definition) is 4. The van der Waals surface area contributed by atoms with Crippen molar-refractivity contribution < 1.29 is 13.9 Å². The van der Waals surface area contributed by atoms with Crippen molar-refractivity contribution in [2.24, 2.45) is 0 Å². The zero-order chi connectivity index (χ0) is 16.7. The molecule has 2 aromatic rings. The molecule has 118 valence electrons. The Morgan fingerprint density at radius 3 is 2.65 bits per heavy atom. The molecule has 23 heavy (non-hydrogen) atoms. The number of furan rings is 1. The largest absolute Gasteiger partial charge is 0.491 e. The number of nitriles is 1. The van der Waals surface area contributed by atoms with Crippen molar-refractivity contribution in [2.45, 2.75) is 26.5 Å². The minimum Gasteiger partial charge on any atom is -0.491 e. The average Bonchev–Trinajstić information content (AvgIpc) is 3.04. The van der Waals surface area contributed by atoms with Crippen LogP contribution >= 0.6 is 0 Å². The summed E-state index contributed by atoms with van der Waals surface area (Å²) in [4.78, 5) is 12.0. The first-order chi connectivity index (χ1) is 11.1. The Kier molecular flexibility index (Phi) is 5.59. The Labute approximate surface area is 135 Å². The molecule has 0 saturated heterocycles. The van der Waals surface area contributed by atoms with Crippen LogP contribution in [-0.4, -0.2) is 12.0 Å². The van der Waals surface area contributed by atoms with E-state index in [9.17, 15) is 4.79 Å². The van der Waals surface area contributed by atoms with Crippen molar-refractivity contribution >= 4 is 12.0 Å². The summed E-state index contributed by atoms with van der Waals surface area (Å²) in [7, 11) is 0. The van der Waals surface area contributed by atoms with Crippen molar-refractivity contribution in [2.75, 3.05) is 0 Å². The summed E-state index contributed by atoms with van der Waals surface area (Å²) in [5, 5.41) is 11.8. The summed E-state index contributed by atoms with van der Waals surface area (Å²) in [5.41, 5.74) is 0.792. The van der Waals surface area contributed by atoms with Gasteiger partial charge in [-0.2, -0.15) is 5.26 Å². The summed E-state index contributed by atoms with van der Waals surface area (Å²) in [6.07, 6.45) is 3.17. The lowest BCUT2D eigenvalue weighted by Gasteiger charge is -2.09. The standard InChI is InChI=1S/C18H18N2O3/c1-13(2)23-16-7-5-14(6-8-16)10-15(11-19)18(21)20-12-17-4-3-9-22-17/h3-10,13H,12H2,1-2H3,(H,20,21)/b15-10+. The molecule has 0 fully saturated rings. The molecule has 0 spiro atoms. The lowest BCUT2D eigenvalue weighted by molar-refractivity contribution is -0.117. The van der Waals surface area contributed by atoms with Crippen LogP contribution in [0.2, 0.25) is 0 Å². The molecule has 0 saturated carbocycles. The van der Waals surface area contributed by atoms with Crippen molar-refractivity contribution in [3.63, 3.8) is 0 Å². The van der Waals surface area contributed by atoms with Gasteiger partial charge < -0.3 is 14.5 Å². The van der Waals surface area contributed by atoms with Crippen molar-refractivity contribution in [1.82, 2.24) is 5.32 Å². The molecule has 1 aromatic heterocycles. The van der Waals surface area contributed by atoms with Crippen molar-refractivity contribution in [3.8, 4) is 11.8 Å². The van der Waals surface area contributed by atoms with Crippen LogP contribution in [0.5, 0.6) is 5.75 Å². The maximum atomic E-state index is 12.0. The summed E-state index contributed by atoms with van der Waals surface area (Å²) in [6, 6.07) is 12.6. The van der Waals surface area contributed by atoms with E-state index in [-0.39, 0.29) is 18.2 Å². The fourth-order valence-electron chi connectivity index (χ4n) is 1.91. The van der Waals surface area contributed by atoms with Gasteiger partial charge in [0.1, 0.15) is 23.2 Å². The zero-order valence-corrected chi connectivity index (χ0v) is 13.1.